The first-order valence-corrected chi connectivity index (χ1v) is 6.72. The summed E-state index contributed by atoms with van der Waals surface area (Å²) in [4.78, 5) is 29.0. The Morgan fingerprint density at radius 2 is 2.19 bits per heavy atom. The number of aromatic nitrogens is 2. The topological polar surface area (TPSA) is 74.8 Å². The highest BCUT2D eigenvalue weighted by Gasteiger charge is 2.31. The van der Waals surface area contributed by atoms with Crippen LogP contribution < -0.4 is 10.9 Å². The number of aryl methyl sites for hydroxylation is 1. The van der Waals surface area contributed by atoms with E-state index in [2.05, 4.69) is 10.3 Å². The van der Waals surface area contributed by atoms with E-state index < -0.39 is 28.9 Å². The second-order valence-corrected chi connectivity index (χ2v) is 5.08. The predicted octanol–water partition coefficient (Wildman–Crippen LogP) is 2.42. The number of halogens is 3. The number of rotatable bonds is 4. The summed E-state index contributed by atoms with van der Waals surface area (Å²) in [5, 5.41) is 4.67. The van der Waals surface area contributed by atoms with Crippen LogP contribution in [0.15, 0.2) is 28.6 Å². The highest BCUT2D eigenvalue weighted by molar-refractivity contribution is 7.09. The van der Waals surface area contributed by atoms with Crippen LogP contribution in [0.2, 0.25) is 0 Å². The Labute approximate surface area is 120 Å². The number of amides is 1. The molecule has 21 heavy (non-hydrogen) atoms. The van der Waals surface area contributed by atoms with Gasteiger partial charge in [0.2, 0.25) is 5.91 Å². The van der Waals surface area contributed by atoms with Crippen LogP contribution in [0.25, 0.3) is 0 Å². The first-order chi connectivity index (χ1) is 9.86. The van der Waals surface area contributed by atoms with Gasteiger partial charge in [-0.1, -0.05) is 0 Å². The summed E-state index contributed by atoms with van der Waals surface area (Å²) in [5.74, 6) is -0.546. The van der Waals surface area contributed by atoms with Crippen molar-refractivity contribution in [2.24, 2.45) is 0 Å². The highest BCUT2D eigenvalue weighted by Crippen LogP contribution is 2.29. The number of nitrogens with one attached hydrogen (secondary N) is 2. The number of nitrogens with zero attached hydrogens (tertiary/aromatic N) is 1. The number of pyridine rings is 1. The minimum absolute atomic E-state index is 0.0310. The van der Waals surface area contributed by atoms with Gasteiger partial charge in [0.15, 0.2) is 0 Å². The highest BCUT2D eigenvalue weighted by atomic mass is 32.1. The number of aromatic amines is 1. The molecule has 2 aromatic heterocycles. The van der Waals surface area contributed by atoms with Crippen molar-refractivity contribution < 1.29 is 18.0 Å². The molecule has 0 aliphatic rings. The third kappa shape index (κ3) is 4.15. The number of anilines is 1. The van der Waals surface area contributed by atoms with Gasteiger partial charge < -0.3 is 10.3 Å². The van der Waals surface area contributed by atoms with Gasteiger partial charge in [0.1, 0.15) is 5.69 Å². The van der Waals surface area contributed by atoms with E-state index >= 15 is 0 Å². The molecule has 0 bridgehead atoms. The number of hydrogen-bond donors (Lipinski definition) is 2. The maximum Gasteiger partial charge on any atom is 0.417 e. The monoisotopic (exact) mass is 317 g/mol. The van der Waals surface area contributed by atoms with Crippen molar-refractivity contribution in [3.63, 3.8) is 0 Å². The van der Waals surface area contributed by atoms with Crippen molar-refractivity contribution in [2.45, 2.75) is 19.0 Å². The fourth-order valence-electron chi connectivity index (χ4n) is 1.55. The maximum absolute atomic E-state index is 12.5. The molecule has 0 saturated heterocycles. The lowest BCUT2D eigenvalue weighted by molar-refractivity contribution is -0.137. The van der Waals surface area contributed by atoms with E-state index in [-0.39, 0.29) is 6.42 Å². The van der Waals surface area contributed by atoms with Crippen LogP contribution in [-0.2, 0) is 17.4 Å². The van der Waals surface area contributed by atoms with Crippen molar-refractivity contribution in [2.75, 3.05) is 5.32 Å². The second kappa shape index (κ2) is 6.08. The fraction of sp³-hybridized carbons (Fsp3) is 0.250. The number of carbonyl (C=O) groups is 1. The number of H-pyrrole nitrogens is 1. The molecule has 5 nitrogen and oxygen atoms in total. The fourth-order valence-corrected chi connectivity index (χ4v) is 2.17. The van der Waals surface area contributed by atoms with Crippen LogP contribution in [0.4, 0.5) is 18.9 Å². The molecule has 0 atom stereocenters. The lowest BCUT2D eigenvalue weighted by Crippen LogP contribution is -2.21. The Kier molecular flexibility index (Phi) is 4.41. The zero-order chi connectivity index (χ0) is 15.5. The molecule has 0 fully saturated rings. The van der Waals surface area contributed by atoms with Crippen LogP contribution in [0.5, 0.6) is 0 Å². The minimum Gasteiger partial charge on any atom is -0.327 e. The van der Waals surface area contributed by atoms with Crippen molar-refractivity contribution >= 4 is 22.9 Å². The Hall–Kier alpha value is -2.16. The first kappa shape index (κ1) is 15.2. The second-order valence-electron chi connectivity index (χ2n) is 4.10. The number of carbonyl (C=O) groups excluding carboxylic acids is 1. The van der Waals surface area contributed by atoms with E-state index in [0.717, 1.165) is 5.01 Å². The molecule has 0 aliphatic heterocycles. The molecule has 2 aromatic rings. The van der Waals surface area contributed by atoms with Gasteiger partial charge in [-0.2, -0.15) is 13.2 Å². The van der Waals surface area contributed by atoms with Crippen LogP contribution >= 0.6 is 11.3 Å². The van der Waals surface area contributed by atoms with Crippen molar-refractivity contribution in [3.05, 3.63) is 44.8 Å². The van der Waals surface area contributed by atoms with Gasteiger partial charge in [0.05, 0.1) is 10.6 Å². The zero-order valence-corrected chi connectivity index (χ0v) is 11.3. The lowest BCUT2D eigenvalue weighted by Gasteiger charge is -2.08. The molecule has 112 valence electrons. The molecule has 0 spiro atoms. The average Bonchev–Trinajstić information content (AvgIpc) is 2.91. The van der Waals surface area contributed by atoms with Gasteiger partial charge in [-0.05, 0) is 6.07 Å². The van der Waals surface area contributed by atoms with Gasteiger partial charge >= 0.3 is 6.18 Å². The summed E-state index contributed by atoms with van der Waals surface area (Å²) < 4.78 is 37.6. The average molecular weight is 317 g/mol. The van der Waals surface area contributed by atoms with Crippen LogP contribution in [-0.4, -0.2) is 15.9 Å². The maximum atomic E-state index is 12.5. The van der Waals surface area contributed by atoms with E-state index in [4.69, 9.17) is 0 Å². The van der Waals surface area contributed by atoms with E-state index in [1.54, 1.807) is 11.6 Å². The summed E-state index contributed by atoms with van der Waals surface area (Å²) in [6, 6.07) is 0.611. The Morgan fingerprint density at radius 1 is 1.43 bits per heavy atom. The normalized spacial score (nSPS) is 11.4. The molecule has 2 N–H and O–H groups in total. The molecule has 0 saturated carbocycles. The van der Waals surface area contributed by atoms with E-state index in [1.807, 2.05) is 4.98 Å². The van der Waals surface area contributed by atoms with Crippen molar-refractivity contribution in [1.82, 2.24) is 9.97 Å². The molecular formula is C12H10F3N3O2S. The molecule has 0 aromatic carbocycles. The third-order valence-corrected chi connectivity index (χ3v) is 3.39. The molecular weight excluding hydrogens is 307 g/mol. The third-order valence-electron chi connectivity index (χ3n) is 2.55. The Balaban J connectivity index is 2.04. The minimum atomic E-state index is -4.59. The zero-order valence-electron chi connectivity index (χ0n) is 10.5. The van der Waals surface area contributed by atoms with E-state index in [9.17, 15) is 22.8 Å². The van der Waals surface area contributed by atoms with Crippen molar-refractivity contribution in [1.29, 1.82) is 0 Å². The van der Waals surface area contributed by atoms with E-state index in [1.165, 1.54) is 11.3 Å². The van der Waals surface area contributed by atoms with Crippen LogP contribution in [0.3, 0.4) is 0 Å². The summed E-state index contributed by atoms with van der Waals surface area (Å²) in [5.41, 5.74) is -2.24. The van der Waals surface area contributed by atoms with Gasteiger partial charge in [-0.3, -0.25) is 9.59 Å². The summed E-state index contributed by atoms with van der Waals surface area (Å²) in [7, 11) is 0. The smallest absolute Gasteiger partial charge is 0.327 e. The molecule has 2 rings (SSSR count). The Bertz CT molecular complexity index is 680. The Morgan fingerprint density at radius 3 is 2.81 bits per heavy atom. The predicted molar refractivity (Wildman–Crippen MR) is 71.1 cm³/mol. The lowest BCUT2D eigenvalue weighted by atomic mass is 10.2. The summed E-state index contributed by atoms with van der Waals surface area (Å²) >= 11 is 1.37. The van der Waals surface area contributed by atoms with Crippen LogP contribution in [0.1, 0.15) is 17.0 Å². The van der Waals surface area contributed by atoms with Gasteiger partial charge in [-0.15, -0.1) is 11.3 Å². The number of hydrogen-bond acceptors (Lipinski definition) is 4. The van der Waals surface area contributed by atoms with Gasteiger partial charge in [0.25, 0.3) is 5.56 Å². The standard InChI is InChI=1S/C12H10F3N3O2S/c13-12(14,15)7-5-8(11(20)17-6-7)18-9(19)1-2-10-16-3-4-21-10/h3-6H,1-2H2,(H,17,20)(H,18,19). The molecule has 0 unspecified atom stereocenters. The molecule has 0 radical (unpaired) electrons. The molecule has 1 amide bonds. The molecule has 2 heterocycles. The van der Waals surface area contributed by atoms with Crippen LogP contribution in [0, 0.1) is 0 Å². The summed E-state index contributed by atoms with van der Waals surface area (Å²) in [6.45, 7) is 0. The first-order valence-electron chi connectivity index (χ1n) is 5.84. The van der Waals surface area contributed by atoms with E-state index in [0.29, 0.717) is 18.7 Å². The largest absolute Gasteiger partial charge is 0.417 e. The van der Waals surface area contributed by atoms with Gasteiger partial charge in [-0.25, -0.2) is 4.98 Å². The SMILES string of the molecule is O=C(CCc1nccs1)Nc1cc(C(F)(F)F)c[nH]c1=O. The number of alkyl halides is 3. The van der Waals surface area contributed by atoms with Crippen molar-refractivity contribution in [3.8, 4) is 0 Å². The molecule has 9 heteroatoms. The number of thiazole rings is 1. The van der Waals surface area contributed by atoms with Gasteiger partial charge in [0, 0.05) is 30.6 Å². The molecule has 0 aliphatic carbocycles. The quantitative estimate of drug-likeness (QED) is 0.909. The summed E-state index contributed by atoms with van der Waals surface area (Å²) in [6.07, 6.45) is -2.04.